The number of para-hydroxylation sites is 3. The molecule has 3 aromatic carbocycles. The molecule has 8 nitrogen and oxygen atoms in total. The second-order valence-electron chi connectivity index (χ2n) is 7.12. The average molecular weight is 449 g/mol. The molecule has 32 heavy (non-hydrogen) atoms. The number of sulfone groups is 1. The fourth-order valence-electron chi connectivity index (χ4n) is 3.63. The van der Waals surface area contributed by atoms with Crippen molar-refractivity contribution in [3.05, 3.63) is 78.9 Å². The van der Waals surface area contributed by atoms with Gasteiger partial charge in [0.25, 0.3) is 5.16 Å². The van der Waals surface area contributed by atoms with Gasteiger partial charge in [-0.2, -0.15) is 0 Å². The summed E-state index contributed by atoms with van der Waals surface area (Å²) in [6, 6.07) is 24.2. The number of rotatable bonds is 7. The number of hydrogen-bond donors (Lipinski definition) is 0. The molecule has 0 spiro atoms. The Morgan fingerprint density at radius 2 is 1.47 bits per heavy atom. The Labute approximate surface area is 184 Å². The van der Waals surface area contributed by atoms with Crippen molar-refractivity contribution in [1.29, 1.82) is 0 Å². The normalized spacial score (nSPS) is 11.8. The molecule has 0 saturated carbocycles. The third-order valence-corrected chi connectivity index (χ3v) is 6.68. The molecule has 0 fully saturated rings. The molecule has 2 aromatic heterocycles. The number of aromatic nitrogens is 4. The van der Waals surface area contributed by atoms with Crippen molar-refractivity contribution < 1.29 is 17.9 Å². The maximum absolute atomic E-state index is 13.2. The largest absolute Gasteiger partial charge is 0.497 e. The van der Waals surface area contributed by atoms with E-state index >= 15 is 0 Å². The highest BCUT2D eigenvalue weighted by Crippen LogP contribution is 2.27. The summed E-state index contributed by atoms with van der Waals surface area (Å²) in [4.78, 5) is 0. The molecule has 162 valence electrons. The summed E-state index contributed by atoms with van der Waals surface area (Å²) in [5, 5.41) is 8.17. The number of ether oxygens (including phenoxy) is 2. The number of nitrogens with zero attached hydrogens (tertiary/aromatic N) is 4. The van der Waals surface area contributed by atoms with Crippen LogP contribution < -0.4 is 9.47 Å². The van der Waals surface area contributed by atoms with Gasteiger partial charge in [0.2, 0.25) is 15.6 Å². The zero-order chi connectivity index (χ0) is 22.1. The number of hydrogen-bond acceptors (Lipinski definition) is 6. The second kappa shape index (κ2) is 8.01. The number of methoxy groups -OCH3 is 1. The molecule has 0 N–H and O–H groups in total. The highest BCUT2D eigenvalue weighted by molar-refractivity contribution is 7.91. The molecular weight excluding hydrogens is 428 g/mol. The van der Waals surface area contributed by atoms with Crippen molar-refractivity contribution in [2.75, 3.05) is 19.5 Å². The van der Waals surface area contributed by atoms with E-state index in [1.54, 1.807) is 35.8 Å². The highest BCUT2D eigenvalue weighted by atomic mass is 32.2. The Bertz CT molecular complexity index is 1490. The van der Waals surface area contributed by atoms with Gasteiger partial charge < -0.3 is 9.47 Å². The molecule has 2 heterocycles. The molecule has 0 aliphatic rings. The Kier molecular flexibility index (Phi) is 5.02. The zero-order valence-corrected chi connectivity index (χ0v) is 18.1. The Hall–Kier alpha value is -3.85. The number of benzene rings is 3. The lowest BCUT2D eigenvalue weighted by Gasteiger charge is -2.07. The molecule has 9 heteroatoms. The van der Waals surface area contributed by atoms with E-state index in [0.29, 0.717) is 22.8 Å². The van der Waals surface area contributed by atoms with Crippen molar-refractivity contribution in [3.63, 3.8) is 0 Å². The van der Waals surface area contributed by atoms with Crippen molar-refractivity contribution in [2.45, 2.75) is 5.16 Å². The Morgan fingerprint density at radius 1 is 0.812 bits per heavy atom. The van der Waals surface area contributed by atoms with Gasteiger partial charge in [-0.15, -0.1) is 10.2 Å². The minimum Gasteiger partial charge on any atom is -0.497 e. The van der Waals surface area contributed by atoms with Crippen LogP contribution in [0.4, 0.5) is 0 Å². The van der Waals surface area contributed by atoms with Crippen LogP contribution in [0.3, 0.4) is 0 Å². The van der Waals surface area contributed by atoms with Gasteiger partial charge in [-0.3, -0.25) is 4.57 Å². The molecule has 0 unspecified atom stereocenters. The van der Waals surface area contributed by atoms with Gasteiger partial charge in [-0.05, 0) is 48.5 Å². The number of imidazole rings is 1. The van der Waals surface area contributed by atoms with Crippen molar-refractivity contribution in [1.82, 2.24) is 19.2 Å². The van der Waals surface area contributed by atoms with E-state index < -0.39 is 9.84 Å². The van der Waals surface area contributed by atoms with Crippen molar-refractivity contribution in [3.8, 4) is 17.2 Å². The van der Waals surface area contributed by atoms with Crippen LogP contribution in [0, 0.1) is 0 Å². The summed E-state index contributed by atoms with van der Waals surface area (Å²) in [5.74, 6) is 1.47. The van der Waals surface area contributed by atoms with E-state index in [0.717, 1.165) is 11.2 Å². The van der Waals surface area contributed by atoms with Gasteiger partial charge in [0.05, 0.1) is 23.9 Å². The second-order valence-corrected chi connectivity index (χ2v) is 9.12. The van der Waals surface area contributed by atoms with Crippen molar-refractivity contribution in [2.24, 2.45) is 0 Å². The van der Waals surface area contributed by atoms with E-state index in [2.05, 4.69) is 10.2 Å². The molecule has 0 atom stereocenters. The molecular formula is C23H20N4O4S. The smallest absolute Gasteiger partial charge is 0.256 e. The van der Waals surface area contributed by atoms with Gasteiger partial charge >= 0.3 is 0 Å². The standard InChI is InChI=1S/C23H20N4O4S/c1-30-18-11-13-19(14-12-18)31-15-16-32(28,29)23-25-24-22-26(17-7-3-2-4-8-17)20-9-5-6-10-21(20)27(22)23/h2-14H,15-16H2,1H3. The fourth-order valence-corrected chi connectivity index (χ4v) is 4.74. The molecule has 0 radical (unpaired) electrons. The summed E-state index contributed by atoms with van der Waals surface area (Å²) in [5.41, 5.74) is 2.43. The first-order chi connectivity index (χ1) is 15.6. The van der Waals surface area contributed by atoms with Gasteiger partial charge in [0.15, 0.2) is 0 Å². The van der Waals surface area contributed by atoms with E-state index in [4.69, 9.17) is 9.47 Å². The molecule has 0 bridgehead atoms. The molecule has 5 aromatic rings. The first-order valence-electron chi connectivity index (χ1n) is 9.98. The summed E-state index contributed by atoms with van der Waals surface area (Å²) in [7, 11) is -2.18. The van der Waals surface area contributed by atoms with Gasteiger partial charge in [-0.25, -0.2) is 12.8 Å². The molecule has 0 saturated heterocycles. The van der Waals surface area contributed by atoms with E-state index in [9.17, 15) is 8.42 Å². The average Bonchev–Trinajstić information content (AvgIpc) is 3.39. The highest BCUT2D eigenvalue weighted by Gasteiger charge is 2.26. The third kappa shape index (κ3) is 3.46. The fraction of sp³-hybridized carbons (Fsp3) is 0.130. The van der Waals surface area contributed by atoms with Crippen LogP contribution in [-0.4, -0.2) is 47.1 Å². The van der Waals surface area contributed by atoms with Gasteiger partial charge in [-0.1, -0.05) is 30.3 Å². The van der Waals surface area contributed by atoms with E-state index in [1.165, 1.54) is 0 Å². The van der Waals surface area contributed by atoms with Crippen LogP contribution in [-0.2, 0) is 9.84 Å². The molecule has 0 aliphatic heterocycles. The predicted octanol–water partition coefficient (Wildman–Crippen LogP) is 3.53. The Morgan fingerprint density at radius 3 is 2.19 bits per heavy atom. The minimum absolute atomic E-state index is 0.0130. The van der Waals surface area contributed by atoms with Gasteiger partial charge in [0.1, 0.15) is 18.1 Å². The molecule has 0 amide bonds. The monoisotopic (exact) mass is 448 g/mol. The summed E-state index contributed by atoms with van der Waals surface area (Å²) < 4.78 is 40.5. The summed E-state index contributed by atoms with van der Waals surface area (Å²) >= 11 is 0. The van der Waals surface area contributed by atoms with Crippen LogP contribution in [0.25, 0.3) is 22.5 Å². The minimum atomic E-state index is -3.76. The predicted molar refractivity (Wildman–Crippen MR) is 120 cm³/mol. The molecule has 5 rings (SSSR count). The third-order valence-electron chi connectivity index (χ3n) is 5.15. The lowest BCUT2D eigenvalue weighted by Crippen LogP contribution is -2.16. The SMILES string of the molecule is COc1ccc(OCCS(=O)(=O)c2nnc3n(-c4ccccc4)c4ccccc4n23)cc1. The Balaban J connectivity index is 1.50. The first kappa shape index (κ1) is 20.1. The lowest BCUT2D eigenvalue weighted by atomic mass is 10.3. The topological polar surface area (TPSA) is 87.7 Å². The lowest BCUT2D eigenvalue weighted by molar-refractivity contribution is 0.339. The summed E-state index contributed by atoms with van der Waals surface area (Å²) in [6.07, 6.45) is 0. The van der Waals surface area contributed by atoms with E-state index in [-0.39, 0.29) is 17.5 Å². The van der Waals surface area contributed by atoms with Crippen LogP contribution in [0.2, 0.25) is 0 Å². The quantitative estimate of drug-likeness (QED) is 0.379. The number of fused-ring (bicyclic) bond motifs is 3. The zero-order valence-electron chi connectivity index (χ0n) is 17.2. The van der Waals surface area contributed by atoms with E-state index in [1.807, 2.05) is 59.2 Å². The summed E-state index contributed by atoms with van der Waals surface area (Å²) in [6.45, 7) is -0.0130. The van der Waals surface area contributed by atoms with Crippen LogP contribution in [0.15, 0.2) is 84.0 Å². The maximum atomic E-state index is 13.2. The van der Waals surface area contributed by atoms with Crippen molar-refractivity contribution >= 4 is 26.6 Å². The first-order valence-corrected chi connectivity index (χ1v) is 11.6. The van der Waals surface area contributed by atoms with Gasteiger partial charge in [0, 0.05) is 5.69 Å². The van der Waals surface area contributed by atoms with Crippen LogP contribution >= 0.6 is 0 Å². The van der Waals surface area contributed by atoms with Crippen LogP contribution in [0.5, 0.6) is 11.5 Å². The van der Waals surface area contributed by atoms with Crippen LogP contribution in [0.1, 0.15) is 0 Å². The molecule has 0 aliphatic carbocycles. The maximum Gasteiger partial charge on any atom is 0.256 e.